The molecule has 0 aliphatic carbocycles. The van der Waals surface area contributed by atoms with Gasteiger partial charge in [-0.1, -0.05) is 6.92 Å². The number of carbonyl (C=O) groups is 1. The first-order valence-corrected chi connectivity index (χ1v) is 5.26. The molecule has 3 atom stereocenters. The van der Waals surface area contributed by atoms with Crippen molar-refractivity contribution in [3.05, 3.63) is 0 Å². The van der Waals surface area contributed by atoms with Crippen molar-refractivity contribution in [1.82, 2.24) is 5.32 Å². The Bertz CT molecular complexity index is 213. The van der Waals surface area contributed by atoms with E-state index in [2.05, 4.69) is 12.2 Å². The second-order valence-corrected chi connectivity index (χ2v) is 4.16. The number of hydrogen-bond acceptors (Lipinski definition) is 4. The van der Waals surface area contributed by atoms with E-state index in [-0.39, 0.29) is 18.0 Å². The van der Waals surface area contributed by atoms with E-state index in [9.17, 15) is 4.79 Å². The zero-order valence-electron chi connectivity index (χ0n) is 8.49. The van der Waals surface area contributed by atoms with Crippen molar-refractivity contribution in [1.29, 1.82) is 0 Å². The lowest BCUT2D eigenvalue weighted by Gasteiger charge is -2.16. The standard InChI is InChI=1S/C10H17NO3/c1-7-4-11-5-9(7)10(12)14-8-2-3-13-6-8/h7-9,11H,2-6H2,1H3. The van der Waals surface area contributed by atoms with Crippen LogP contribution in [-0.4, -0.2) is 38.4 Å². The zero-order chi connectivity index (χ0) is 9.97. The molecular formula is C10H17NO3. The van der Waals surface area contributed by atoms with Crippen LogP contribution in [-0.2, 0) is 14.3 Å². The van der Waals surface area contributed by atoms with E-state index in [0.29, 0.717) is 12.5 Å². The van der Waals surface area contributed by atoms with Gasteiger partial charge < -0.3 is 14.8 Å². The van der Waals surface area contributed by atoms with Crippen LogP contribution >= 0.6 is 0 Å². The van der Waals surface area contributed by atoms with Crippen LogP contribution in [0.25, 0.3) is 0 Å². The maximum atomic E-state index is 11.7. The highest BCUT2D eigenvalue weighted by molar-refractivity contribution is 5.73. The molecule has 0 aromatic rings. The Morgan fingerprint density at radius 1 is 1.50 bits per heavy atom. The maximum absolute atomic E-state index is 11.7. The summed E-state index contributed by atoms with van der Waals surface area (Å²) in [5.41, 5.74) is 0. The first-order chi connectivity index (χ1) is 6.77. The van der Waals surface area contributed by atoms with E-state index in [1.54, 1.807) is 0 Å². The summed E-state index contributed by atoms with van der Waals surface area (Å²) in [4.78, 5) is 11.7. The third-order valence-electron chi connectivity index (χ3n) is 2.99. The van der Waals surface area contributed by atoms with E-state index < -0.39 is 0 Å². The predicted octanol–water partition coefficient (Wildman–Crippen LogP) is 0.174. The highest BCUT2D eigenvalue weighted by Crippen LogP contribution is 2.19. The highest BCUT2D eigenvalue weighted by atomic mass is 16.6. The summed E-state index contributed by atoms with van der Waals surface area (Å²) < 4.78 is 10.5. The molecule has 14 heavy (non-hydrogen) atoms. The Morgan fingerprint density at radius 3 is 2.93 bits per heavy atom. The molecule has 4 heteroatoms. The van der Waals surface area contributed by atoms with Gasteiger partial charge in [-0.15, -0.1) is 0 Å². The van der Waals surface area contributed by atoms with Crippen molar-refractivity contribution < 1.29 is 14.3 Å². The monoisotopic (exact) mass is 199 g/mol. The fourth-order valence-electron chi connectivity index (χ4n) is 1.98. The minimum atomic E-state index is -0.0574. The molecule has 3 unspecified atom stereocenters. The van der Waals surface area contributed by atoms with Crippen LogP contribution < -0.4 is 5.32 Å². The molecule has 0 bridgehead atoms. The largest absolute Gasteiger partial charge is 0.460 e. The molecule has 0 spiro atoms. The van der Waals surface area contributed by atoms with Gasteiger partial charge >= 0.3 is 5.97 Å². The number of rotatable bonds is 2. The lowest BCUT2D eigenvalue weighted by molar-refractivity contribution is -0.154. The molecule has 0 aromatic heterocycles. The molecule has 1 N–H and O–H groups in total. The van der Waals surface area contributed by atoms with Crippen molar-refractivity contribution in [3.8, 4) is 0 Å². The summed E-state index contributed by atoms with van der Waals surface area (Å²) in [6, 6.07) is 0. The van der Waals surface area contributed by atoms with Crippen molar-refractivity contribution in [2.45, 2.75) is 19.4 Å². The molecule has 2 heterocycles. The van der Waals surface area contributed by atoms with Crippen LogP contribution in [0.5, 0.6) is 0 Å². The van der Waals surface area contributed by atoms with E-state index in [1.165, 1.54) is 0 Å². The number of hydrogen-bond donors (Lipinski definition) is 1. The number of ether oxygens (including phenoxy) is 2. The molecule has 0 aromatic carbocycles. The van der Waals surface area contributed by atoms with Gasteiger partial charge in [-0.25, -0.2) is 0 Å². The average Bonchev–Trinajstić information content (AvgIpc) is 2.75. The third-order valence-corrected chi connectivity index (χ3v) is 2.99. The molecule has 0 saturated carbocycles. The highest BCUT2D eigenvalue weighted by Gasteiger charge is 2.33. The van der Waals surface area contributed by atoms with Crippen LogP contribution in [0.2, 0.25) is 0 Å². The lowest BCUT2D eigenvalue weighted by Crippen LogP contribution is -2.28. The summed E-state index contributed by atoms with van der Waals surface area (Å²) in [5, 5.41) is 3.20. The third kappa shape index (κ3) is 2.07. The van der Waals surface area contributed by atoms with Crippen LogP contribution in [0.3, 0.4) is 0 Å². The second-order valence-electron chi connectivity index (χ2n) is 4.16. The zero-order valence-corrected chi connectivity index (χ0v) is 8.49. The van der Waals surface area contributed by atoms with E-state index >= 15 is 0 Å². The van der Waals surface area contributed by atoms with Gasteiger partial charge in [0.1, 0.15) is 6.10 Å². The van der Waals surface area contributed by atoms with Gasteiger partial charge in [-0.3, -0.25) is 4.79 Å². The molecular weight excluding hydrogens is 182 g/mol. The van der Waals surface area contributed by atoms with Gasteiger partial charge in [0.05, 0.1) is 19.1 Å². The average molecular weight is 199 g/mol. The molecule has 0 amide bonds. The summed E-state index contributed by atoms with van der Waals surface area (Å²) in [6.07, 6.45) is 0.843. The van der Waals surface area contributed by atoms with Crippen molar-refractivity contribution in [2.75, 3.05) is 26.3 Å². The van der Waals surface area contributed by atoms with Crippen LogP contribution in [0, 0.1) is 11.8 Å². The van der Waals surface area contributed by atoms with Crippen molar-refractivity contribution >= 4 is 5.97 Å². The minimum Gasteiger partial charge on any atom is -0.460 e. The summed E-state index contributed by atoms with van der Waals surface area (Å²) in [6.45, 7) is 5.04. The molecule has 80 valence electrons. The molecule has 2 fully saturated rings. The van der Waals surface area contributed by atoms with Crippen LogP contribution in [0.15, 0.2) is 0 Å². The van der Waals surface area contributed by atoms with Gasteiger partial charge in [0.25, 0.3) is 0 Å². The smallest absolute Gasteiger partial charge is 0.310 e. The van der Waals surface area contributed by atoms with E-state index in [1.807, 2.05) is 0 Å². The molecule has 4 nitrogen and oxygen atoms in total. The molecule has 2 rings (SSSR count). The summed E-state index contributed by atoms with van der Waals surface area (Å²) in [5.74, 6) is 0.374. The van der Waals surface area contributed by atoms with Gasteiger partial charge in [0.15, 0.2) is 0 Å². The topological polar surface area (TPSA) is 47.6 Å². The fraction of sp³-hybridized carbons (Fsp3) is 0.900. The molecule has 2 aliphatic heterocycles. The quantitative estimate of drug-likeness (QED) is 0.644. The van der Waals surface area contributed by atoms with Crippen molar-refractivity contribution in [2.24, 2.45) is 11.8 Å². The Labute approximate surface area is 84.0 Å². The van der Waals surface area contributed by atoms with Gasteiger partial charge in [0.2, 0.25) is 0 Å². The van der Waals surface area contributed by atoms with Crippen molar-refractivity contribution in [3.63, 3.8) is 0 Å². The van der Waals surface area contributed by atoms with E-state index in [4.69, 9.17) is 9.47 Å². The first kappa shape index (κ1) is 9.93. The summed E-state index contributed by atoms with van der Waals surface area (Å²) >= 11 is 0. The first-order valence-electron chi connectivity index (χ1n) is 5.26. The number of carbonyl (C=O) groups excluding carboxylic acids is 1. The number of esters is 1. The normalized spacial score (nSPS) is 37.4. The van der Waals surface area contributed by atoms with Gasteiger partial charge in [-0.2, -0.15) is 0 Å². The Hall–Kier alpha value is -0.610. The van der Waals surface area contributed by atoms with Crippen LogP contribution in [0.1, 0.15) is 13.3 Å². The SMILES string of the molecule is CC1CNCC1C(=O)OC1CCOC1. The molecule has 2 aliphatic rings. The molecule has 2 saturated heterocycles. The summed E-state index contributed by atoms with van der Waals surface area (Å²) in [7, 11) is 0. The number of nitrogens with one attached hydrogen (secondary N) is 1. The second kappa shape index (κ2) is 4.28. The Kier molecular flexibility index (Phi) is 3.03. The van der Waals surface area contributed by atoms with Crippen LogP contribution in [0.4, 0.5) is 0 Å². The minimum absolute atomic E-state index is 0.00435. The lowest BCUT2D eigenvalue weighted by atomic mass is 9.98. The van der Waals surface area contributed by atoms with Gasteiger partial charge in [-0.05, 0) is 12.5 Å². The van der Waals surface area contributed by atoms with E-state index in [0.717, 1.165) is 26.1 Å². The maximum Gasteiger partial charge on any atom is 0.310 e. The Balaban J connectivity index is 1.82. The predicted molar refractivity (Wildman–Crippen MR) is 50.8 cm³/mol. The fourth-order valence-corrected chi connectivity index (χ4v) is 1.98. The Morgan fingerprint density at radius 2 is 2.36 bits per heavy atom. The molecule has 0 radical (unpaired) electrons. The van der Waals surface area contributed by atoms with Gasteiger partial charge in [0, 0.05) is 13.0 Å².